The first-order valence-electron chi connectivity index (χ1n) is 42.8. The van der Waals surface area contributed by atoms with Crippen LogP contribution in [0.1, 0.15) is 465 Å². The van der Waals surface area contributed by atoms with Crippen LogP contribution in [0.3, 0.4) is 0 Å². The minimum atomic E-state index is -0.381. The standard InChI is InChI=1S/C86H170O7/c1-7-13-19-25-31-51-61-71-81-91-85(75-65-55-45-41-37-33-35-39-43-53-63-73-83(87-77-67-57-47-27-21-15-9-3)88-78-68-58-48-28-22-16-10-4)93-86(92-82-72-62-52-32-26-20-14-8-2)76-66-56-46-42-38-34-36-40-44-54-64-74-84(89-79-69-59-49-29-23-17-11-5)90-80-70-60-50-30-24-18-12-6/h65-66,75-76,83-86H,7-64,67-74,77-82H2,1-6H3. The summed E-state index contributed by atoms with van der Waals surface area (Å²) in [7, 11) is 0. The van der Waals surface area contributed by atoms with E-state index in [-0.39, 0.29) is 25.2 Å². The fourth-order valence-corrected chi connectivity index (χ4v) is 12.8. The van der Waals surface area contributed by atoms with E-state index in [9.17, 15) is 0 Å². The molecule has 0 N–H and O–H groups in total. The Balaban J connectivity index is 5.09. The third-order valence-electron chi connectivity index (χ3n) is 19.2. The van der Waals surface area contributed by atoms with Crippen molar-refractivity contribution in [2.24, 2.45) is 0 Å². The second-order valence-electron chi connectivity index (χ2n) is 28.8. The molecule has 556 valence electrons. The molecule has 0 saturated carbocycles. The van der Waals surface area contributed by atoms with Gasteiger partial charge in [-0.15, -0.1) is 0 Å². The zero-order chi connectivity index (χ0) is 67.0. The summed E-state index contributed by atoms with van der Waals surface area (Å²) in [5.74, 6) is 0. The van der Waals surface area contributed by atoms with E-state index in [1.807, 2.05) is 0 Å². The fourth-order valence-electron chi connectivity index (χ4n) is 12.8. The molecule has 0 aromatic carbocycles. The van der Waals surface area contributed by atoms with E-state index >= 15 is 0 Å². The van der Waals surface area contributed by atoms with E-state index in [4.69, 9.17) is 33.2 Å². The van der Waals surface area contributed by atoms with Crippen molar-refractivity contribution in [1.82, 2.24) is 0 Å². The minimum Gasteiger partial charge on any atom is -0.353 e. The molecule has 0 saturated heterocycles. The Morgan fingerprint density at radius 1 is 0.183 bits per heavy atom. The first-order chi connectivity index (χ1) is 46.1. The molecule has 2 unspecified atom stereocenters. The third-order valence-corrected chi connectivity index (χ3v) is 19.2. The van der Waals surface area contributed by atoms with Crippen LogP contribution in [0.4, 0.5) is 0 Å². The Bertz CT molecular complexity index is 1230. The second kappa shape index (κ2) is 83.6. The molecule has 0 rings (SSSR count). The van der Waals surface area contributed by atoms with Crippen molar-refractivity contribution in [3.05, 3.63) is 24.3 Å². The zero-order valence-corrected chi connectivity index (χ0v) is 64.4. The largest absolute Gasteiger partial charge is 0.353 e. The Labute approximate surface area is 584 Å². The molecule has 93 heavy (non-hydrogen) atoms. The van der Waals surface area contributed by atoms with Gasteiger partial charge >= 0.3 is 0 Å². The van der Waals surface area contributed by atoms with E-state index in [0.29, 0.717) is 0 Å². The van der Waals surface area contributed by atoms with Gasteiger partial charge < -0.3 is 33.2 Å². The lowest BCUT2D eigenvalue weighted by atomic mass is 10.1. The van der Waals surface area contributed by atoms with Crippen molar-refractivity contribution in [1.29, 1.82) is 0 Å². The average molecular weight is 1320 g/mol. The maximum absolute atomic E-state index is 6.73. The van der Waals surface area contributed by atoms with Gasteiger partial charge in [0, 0.05) is 26.4 Å². The van der Waals surface area contributed by atoms with Crippen LogP contribution in [0, 0.1) is 0 Å². The fraction of sp³-hybridized carbons (Fsp3) is 0.953. The van der Waals surface area contributed by atoms with Gasteiger partial charge in [0.25, 0.3) is 0 Å². The van der Waals surface area contributed by atoms with Crippen LogP contribution in [0.2, 0.25) is 0 Å². The Morgan fingerprint density at radius 3 is 0.570 bits per heavy atom. The molecule has 0 spiro atoms. The van der Waals surface area contributed by atoms with Crippen LogP contribution in [0.5, 0.6) is 0 Å². The number of hydrogen-bond donors (Lipinski definition) is 0. The van der Waals surface area contributed by atoms with Gasteiger partial charge in [-0.3, -0.25) is 0 Å². The molecule has 0 bridgehead atoms. The third kappa shape index (κ3) is 76.8. The van der Waals surface area contributed by atoms with Crippen LogP contribution in [0.15, 0.2) is 24.3 Å². The van der Waals surface area contributed by atoms with Crippen molar-refractivity contribution >= 4 is 0 Å². The Morgan fingerprint density at radius 2 is 0.355 bits per heavy atom. The number of ether oxygens (including phenoxy) is 7. The molecule has 0 aliphatic heterocycles. The molecule has 0 aromatic heterocycles. The molecule has 0 aliphatic carbocycles. The van der Waals surface area contributed by atoms with E-state index in [1.165, 1.54) is 385 Å². The highest BCUT2D eigenvalue weighted by molar-refractivity contribution is 4.90. The van der Waals surface area contributed by atoms with Gasteiger partial charge in [0.1, 0.15) is 0 Å². The summed E-state index contributed by atoms with van der Waals surface area (Å²) in [5, 5.41) is 0. The van der Waals surface area contributed by atoms with Crippen molar-refractivity contribution < 1.29 is 33.2 Å². The molecule has 0 heterocycles. The van der Waals surface area contributed by atoms with Gasteiger partial charge in [0.15, 0.2) is 25.2 Å². The molecule has 2 atom stereocenters. The molecule has 0 aromatic rings. The highest BCUT2D eigenvalue weighted by atomic mass is 16.8. The normalized spacial score (nSPS) is 12.8. The smallest absolute Gasteiger partial charge is 0.180 e. The molecule has 0 aliphatic rings. The van der Waals surface area contributed by atoms with E-state index < -0.39 is 0 Å². The maximum Gasteiger partial charge on any atom is 0.180 e. The first-order valence-corrected chi connectivity index (χ1v) is 42.8. The summed E-state index contributed by atoms with van der Waals surface area (Å²) in [5.41, 5.74) is 0. The van der Waals surface area contributed by atoms with Gasteiger partial charge in [0.05, 0.1) is 13.2 Å². The molecule has 0 fully saturated rings. The Kier molecular flexibility index (Phi) is 82.9. The first kappa shape index (κ1) is 92.2. The van der Waals surface area contributed by atoms with Gasteiger partial charge in [-0.1, -0.05) is 388 Å². The summed E-state index contributed by atoms with van der Waals surface area (Å²) >= 11 is 0. The van der Waals surface area contributed by atoms with Crippen LogP contribution < -0.4 is 0 Å². The number of rotatable bonds is 84. The molecular weight excluding hydrogens is 1140 g/mol. The predicted octanol–water partition coefficient (Wildman–Crippen LogP) is 29.4. The minimum absolute atomic E-state index is 0.00845. The Hall–Kier alpha value is -0.800. The molecule has 7 heteroatoms. The number of hydrogen-bond acceptors (Lipinski definition) is 7. The van der Waals surface area contributed by atoms with Gasteiger partial charge in [-0.05, 0) is 102 Å². The van der Waals surface area contributed by atoms with Gasteiger partial charge in [-0.2, -0.15) is 0 Å². The maximum atomic E-state index is 6.73. The lowest BCUT2D eigenvalue weighted by Gasteiger charge is -2.22. The average Bonchev–Trinajstić information content (AvgIpc) is 3.72. The second-order valence-corrected chi connectivity index (χ2v) is 28.8. The number of allylic oxidation sites excluding steroid dienone is 2. The van der Waals surface area contributed by atoms with Crippen LogP contribution in [0.25, 0.3) is 0 Å². The molecule has 7 nitrogen and oxygen atoms in total. The van der Waals surface area contributed by atoms with Crippen LogP contribution >= 0.6 is 0 Å². The van der Waals surface area contributed by atoms with Crippen LogP contribution in [-0.2, 0) is 33.2 Å². The van der Waals surface area contributed by atoms with Gasteiger partial charge in [-0.25, -0.2) is 0 Å². The summed E-state index contributed by atoms with van der Waals surface area (Å²) in [6, 6.07) is 0. The van der Waals surface area contributed by atoms with Crippen molar-refractivity contribution in [2.75, 3.05) is 39.6 Å². The van der Waals surface area contributed by atoms with Gasteiger partial charge in [0.2, 0.25) is 0 Å². The SMILES string of the molecule is CCCCCCCCCCOC(C=CCCCCCCCCCCCC(OCCCCCCCCC)OCCCCCCCCC)OC(C=CCCCCCCCCCCCC(OCCCCCCCCC)OCCCCCCCCC)OCCCCCCCCCC. The summed E-state index contributed by atoms with van der Waals surface area (Å²) in [6.07, 6.45) is 93.9. The highest BCUT2D eigenvalue weighted by Gasteiger charge is 2.15. The van der Waals surface area contributed by atoms with Crippen molar-refractivity contribution in [3.63, 3.8) is 0 Å². The summed E-state index contributed by atoms with van der Waals surface area (Å²) in [6.45, 7) is 18.7. The molecule has 0 amide bonds. The molecule has 0 radical (unpaired) electrons. The van der Waals surface area contributed by atoms with Crippen LogP contribution in [-0.4, -0.2) is 64.8 Å². The van der Waals surface area contributed by atoms with E-state index in [1.54, 1.807) is 0 Å². The summed E-state index contributed by atoms with van der Waals surface area (Å²) in [4.78, 5) is 0. The number of unbranched alkanes of at least 4 members (excludes halogenated alkanes) is 56. The zero-order valence-electron chi connectivity index (χ0n) is 64.4. The lowest BCUT2D eigenvalue weighted by Crippen LogP contribution is -2.25. The van der Waals surface area contributed by atoms with E-state index in [0.717, 1.165) is 78.2 Å². The lowest BCUT2D eigenvalue weighted by molar-refractivity contribution is -0.208. The topological polar surface area (TPSA) is 64.6 Å². The van der Waals surface area contributed by atoms with Crippen molar-refractivity contribution in [3.8, 4) is 0 Å². The predicted molar refractivity (Wildman–Crippen MR) is 409 cm³/mol. The quantitative estimate of drug-likeness (QED) is 0.0341. The van der Waals surface area contributed by atoms with E-state index in [2.05, 4.69) is 65.8 Å². The van der Waals surface area contributed by atoms with Crippen molar-refractivity contribution in [2.45, 2.75) is 490 Å². The molecular formula is C86H170O7. The monoisotopic (exact) mass is 1320 g/mol. The summed E-state index contributed by atoms with van der Waals surface area (Å²) < 4.78 is 45.2. The highest BCUT2D eigenvalue weighted by Crippen LogP contribution is 2.21.